The number of hydrogen-bond donors (Lipinski definition) is 1. The molecule has 0 bridgehead atoms. The van der Waals surface area contributed by atoms with Crippen LogP contribution in [0.25, 0.3) is 0 Å². The second-order valence-corrected chi connectivity index (χ2v) is 4.08. The molecule has 1 unspecified atom stereocenters. The van der Waals surface area contributed by atoms with Crippen molar-refractivity contribution in [2.45, 2.75) is 18.9 Å². The topological polar surface area (TPSA) is 30.5 Å². The van der Waals surface area contributed by atoms with E-state index in [-0.39, 0.29) is 5.60 Å². The molecule has 1 aromatic carbocycles. The Morgan fingerprint density at radius 3 is 2.56 bits per heavy atom. The van der Waals surface area contributed by atoms with Crippen molar-refractivity contribution < 1.29 is 9.47 Å². The van der Waals surface area contributed by atoms with Gasteiger partial charge in [-0.25, -0.2) is 0 Å². The van der Waals surface area contributed by atoms with E-state index >= 15 is 0 Å². The molecule has 0 aliphatic carbocycles. The van der Waals surface area contributed by atoms with E-state index in [9.17, 15) is 0 Å². The van der Waals surface area contributed by atoms with Gasteiger partial charge in [0.25, 0.3) is 0 Å². The number of hydrogen-bond acceptors (Lipinski definition) is 3. The second-order valence-electron chi connectivity index (χ2n) is 4.08. The van der Waals surface area contributed by atoms with E-state index in [0.717, 1.165) is 25.3 Å². The van der Waals surface area contributed by atoms with Crippen molar-refractivity contribution in [2.24, 2.45) is 0 Å². The lowest BCUT2D eigenvalue weighted by Crippen LogP contribution is -2.30. The Hall–Kier alpha value is -1.06. The minimum atomic E-state index is -0.148. The van der Waals surface area contributed by atoms with Crippen molar-refractivity contribution in [3.8, 4) is 5.75 Å². The van der Waals surface area contributed by atoms with Crippen LogP contribution in [0.3, 0.4) is 0 Å². The molecule has 0 spiro atoms. The van der Waals surface area contributed by atoms with Gasteiger partial charge in [-0.05, 0) is 37.6 Å². The SMILES string of the molecule is CCOc1ccc(C2(OC)CCNC2)cc1. The van der Waals surface area contributed by atoms with Gasteiger partial charge in [0.05, 0.1) is 6.61 Å². The summed E-state index contributed by atoms with van der Waals surface area (Å²) in [5.74, 6) is 0.920. The maximum absolute atomic E-state index is 5.68. The van der Waals surface area contributed by atoms with E-state index in [1.165, 1.54) is 5.56 Å². The van der Waals surface area contributed by atoms with E-state index in [1.807, 2.05) is 19.1 Å². The minimum Gasteiger partial charge on any atom is -0.494 e. The molecule has 1 saturated heterocycles. The van der Waals surface area contributed by atoms with Gasteiger partial charge in [-0.3, -0.25) is 0 Å². The average Bonchev–Trinajstić information content (AvgIpc) is 2.80. The number of rotatable bonds is 4. The number of ether oxygens (including phenoxy) is 2. The van der Waals surface area contributed by atoms with E-state index in [4.69, 9.17) is 9.47 Å². The summed E-state index contributed by atoms with van der Waals surface area (Å²) in [6, 6.07) is 8.22. The third kappa shape index (κ3) is 2.06. The Kier molecular flexibility index (Phi) is 3.46. The molecule has 0 saturated carbocycles. The van der Waals surface area contributed by atoms with Crippen LogP contribution in [-0.2, 0) is 10.3 Å². The smallest absolute Gasteiger partial charge is 0.119 e. The molecular formula is C13H19NO2. The first-order valence-electron chi connectivity index (χ1n) is 5.80. The largest absolute Gasteiger partial charge is 0.494 e. The predicted molar refractivity (Wildman–Crippen MR) is 63.8 cm³/mol. The summed E-state index contributed by atoms with van der Waals surface area (Å²) in [7, 11) is 1.78. The lowest BCUT2D eigenvalue weighted by Gasteiger charge is -2.27. The van der Waals surface area contributed by atoms with Crippen molar-refractivity contribution in [1.82, 2.24) is 5.32 Å². The molecule has 3 heteroatoms. The molecule has 0 radical (unpaired) electrons. The van der Waals surface area contributed by atoms with E-state index in [2.05, 4.69) is 17.4 Å². The highest BCUT2D eigenvalue weighted by molar-refractivity contribution is 5.32. The maximum atomic E-state index is 5.68. The fraction of sp³-hybridized carbons (Fsp3) is 0.538. The van der Waals surface area contributed by atoms with Crippen LogP contribution in [0.5, 0.6) is 5.75 Å². The summed E-state index contributed by atoms with van der Waals surface area (Å²) in [6.07, 6.45) is 1.03. The number of benzene rings is 1. The highest BCUT2D eigenvalue weighted by atomic mass is 16.5. The van der Waals surface area contributed by atoms with Crippen molar-refractivity contribution in [3.05, 3.63) is 29.8 Å². The van der Waals surface area contributed by atoms with Gasteiger partial charge < -0.3 is 14.8 Å². The first kappa shape index (κ1) is 11.4. The number of methoxy groups -OCH3 is 1. The van der Waals surface area contributed by atoms with Gasteiger partial charge in [-0.1, -0.05) is 12.1 Å². The quantitative estimate of drug-likeness (QED) is 0.842. The monoisotopic (exact) mass is 221 g/mol. The summed E-state index contributed by atoms with van der Waals surface area (Å²) in [5.41, 5.74) is 1.08. The Morgan fingerprint density at radius 1 is 1.31 bits per heavy atom. The molecule has 1 N–H and O–H groups in total. The summed E-state index contributed by atoms with van der Waals surface area (Å²) >= 11 is 0. The summed E-state index contributed by atoms with van der Waals surface area (Å²) < 4.78 is 11.1. The fourth-order valence-corrected chi connectivity index (χ4v) is 2.23. The molecule has 1 atom stereocenters. The lowest BCUT2D eigenvalue weighted by atomic mass is 9.93. The summed E-state index contributed by atoms with van der Waals surface area (Å²) in [5, 5.41) is 3.35. The molecule has 88 valence electrons. The zero-order valence-electron chi connectivity index (χ0n) is 9.95. The van der Waals surface area contributed by atoms with Crippen molar-refractivity contribution in [2.75, 3.05) is 26.8 Å². The van der Waals surface area contributed by atoms with E-state index < -0.39 is 0 Å². The van der Waals surface area contributed by atoms with Crippen LogP contribution in [0.4, 0.5) is 0 Å². The van der Waals surface area contributed by atoms with Gasteiger partial charge in [-0.15, -0.1) is 0 Å². The van der Waals surface area contributed by atoms with Crippen LogP contribution in [0.1, 0.15) is 18.9 Å². The molecular weight excluding hydrogens is 202 g/mol. The predicted octanol–water partition coefficient (Wildman–Crippen LogP) is 1.92. The van der Waals surface area contributed by atoms with Crippen LogP contribution in [0.2, 0.25) is 0 Å². The average molecular weight is 221 g/mol. The van der Waals surface area contributed by atoms with Gasteiger partial charge in [0.1, 0.15) is 11.4 Å². The summed E-state index contributed by atoms with van der Waals surface area (Å²) in [6.45, 7) is 4.60. The molecule has 3 nitrogen and oxygen atoms in total. The Morgan fingerprint density at radius 2 is 2.06 bits per heavy atom. The van der Waals surface area contributed by atoms with Crippen molar-refractivity contribution in [1.29, 1.82) is 0 Å². The van der Waals surface area contributed by atoms with Gasteiger partial charge in [0.15, 0.2) is 0 Å². The normalized spacial score (nSPS) is 24.6. The van der Waals surface area contributed by atoms with Crippen LogP contribution >= 0.6 is 0 Å². The molecule has 2 rings (SSSR count). The maximum Gasteiger partial charge on any atom is 0.119 e. The Bertz CT molecular complexity index is 328. The van der Waals surface area contributed by atoms with Gasteiger partial charge in [-0.2, -0.15) is 0 Å². The third-order valence-corrected chi connectivity index (χ3v) is 3.20. The summed E-state index contributed by atoms with van der Waals surface area (Å²) in [4.78, 5) is 0. The Labute approximate surface area is 96.8 Å². The van der Waals surface area contributed by atoms with E-state index in [0.29, 0.717) is 6.61 Å². The molecule has 16 heavy (non-hydrogen) atoms. The first-order valence-corrected chi connectivity index (χ1v) is 5.80. The molecule has 1 aliphatic heterocycles. The molecule has 1 fully saturated rings. The molecule has 0 amide bonds. The second kappa shape index (κ2) is 4.85. The molecule has 1 aliphatic rings. The standard InChI is InChI=1S/C13H19NO2/c1-3-16-12-6-4-11(5-7-12)13(15-2)8-9-14-10-13/h4-7,14H,3,8-10H2,1-2H3. The zero-order valence-corrected chi connectivity index (χ0v) is 9.95. The highest BCUT2D eigenvalue weighted by Gasteiger charge is 2.35. The van der Waals surface area contributed by atoms with Crippen LogP contribution < -0.4 is 10.1 Å². The Balaban J connectivity index is 2.19. The van der Waals surface area contributed by atoms with Gasteiger partial charge >= 0.3 is 0 Å². The van der Waals surface area contributed by atoms with Crippen LogP contribution in [0.15, 0.2) is 24.3 Å². The molecule has 1 aromatic rings. The minimum absolute atomic E-state index is 0.148. The van der Waals surface area contributed by atoms with Crippen LogP contribution in [-0.4, -0.2) is 26.8 Å². The van der Waals surface area contributed by atoms with Crippen LogP contribution in [0, 0.1) is 0 Å². The zero-order chi connectivity index (χ0) is 11.4. The highest BCUT2D eigenvalue weighted by Crippen LogP contribution is 2.32. The van der Waals surface area contributed by atoms with Crippen molar-refractivity contribution >= 4 is 0 Å². The van der Waals surface area contributed by atoms with Gasteiger partial charge in [0.2, 0.25) is 0 Å². The van der Waals surface area contributed by atoms with Gasteiger partial charge in [0, 0.05) is 13.7 Å². The molecule has 0 aromatic heterocycles. The first-order chi connectivity index (χ1) is 7.80. The lowest BCUT2D eigenvalue weighted by molar-refractivity contribution is 0.00322. The third-order valence-electron chi connectivity index (χ3n) is 3.20. The molecule has 1 heterocycles. The fourth-order valence-electron chi connectivity index (χ4n) is 2.23. The van der Waals surface area contributed by atoms with Crippen molar-refractivity contribution in [3.63, 3.8) is 0 Å². The van der Waals surface area contributed by atoms with E-state index in [1.54, 1.807) is 7.11 Å². The number of nitrogens with one attached hydrogen (secondary N) is 1.